The molecule has 0 radical (unpaired) electrons. The summed E-state index contributed by atoms with van der Waals surface area (Å²) in [5.74, 6) is -3.88. The number of hydrogen-bond acceptors (Lipinski definition) is 8. The van der Waals surface area contributed by atoms with Crippen LogP contribution in [0.2, 0.25) is 0 Å². The van der Waals surface area contributed by atoms with Crippen LogP contribution in [0.25, 0.3) is 0 Å². The van der Waals surface area contributed by atoms with Crippen LogP contribution in [-0.2, 0) is 40.5 Å². The highest BCUT2D eigenvalue weighted by molar-refractivity contribution is 8.04. The molecule has 0 saturated heterocycles. The fourth-order valence-electron chi connectivity index (χ4n) is 5.94. The average molecular weight is 485 g/mol. The first-order valence-corrected chi connectivity index (χ1v) is 14.3. The Balaban J connectivity index is 1.92. The van der Waals surface area contributed by atoms with Gasteiger partial charge in [-0.2, -0.15) is 33.7 Å². The second-order valence-electron chi connectivity index (χ2n) is 7.92. The molecule has 6 unspecified atom stereocenters. The molecule has 12 nitrogen and oxygen atoms in total. The number of hydrogen-bond donors (Lipinski definition) is 4. The van der Waals surface area contributed by atoms with Gasteiger partial charge in [0.05, 0.1) is 0 Å². The maximum atomic E-state index is 11.6. The van der Waals surface area contributed by atoms with Crippen LogP contribution < -0.4 is 0 Å². The monoisotopic (exact) mass is 484 g/mol. The van der Waals surface area contributed by atoms with Gasteiger partial charge in [0.15, 0.2) is 0 Å². The zero-order valence-corrected chi connectivity index (χ0v) is 17.4. The van der Waals surface area contributed by atoms with Gasteiger partial charge in [-0.3, -0.25) is 18.2 Å². The third kappa shape index (κ3) is 3.84. The van der Waals surface area contributed by atoms with Crippen molar-refractivity contribution in [2.24, 2.45) is 35.5 Å². The maximum Gasteiger partial charge on any atom is 0.285 e. The fraction of sp³-hybridized carbons (Fsp3) is 1.00. The lowest BCUT2D eigenvalue weighted by molar-refractivity contribution is 0.192. The Labute approximate surface area is 162 Å². The van der Waals surface area contributed by atoms with Crippen LogP contribution in [0.5, 0.6) is 0 Å². The van der Waals surface area contributed by atoms with Crippen LogP contribution in [0.3, 0.4) is 0 Å². The highest BCUT2D eigenvalue weighted by atomic mass is 32.3. The van der Waals surface area contributed by atoms with Crippen LogP contribution in [-0.4, -0.2) is 61.0 Å². The molecule has 0 aromatic heterocycles. The van der Waals surface area contributed by atoms with Gasteiger partial charge in [0.25, 0.3) is 40.5 Å². The van der Waals surface area contributed by atoms with Crippen molar-refractivity contribution in [3.8, 4) is 0 Å². The van der Waals surface area contributed by atoms with E-state index < -0.39 is 73.3 Å². The molecule has 0 aromatic rings. The van der Waals surface area contributed by atoms with Crippen molar-refractivity contribution >= 4 is 40.5 Å². The summed E-state index contributed by atoms with van der Waals surface area (Å²) < 4.78 is 124. The molecule has 164 valence electrons. The van der Waals surface area contributed by atoms with E-state index in [1.807, 2.05) is 0 Å². The first kappa shape index (κ1) is 22.3. The first-order valence-electron chi connectivity index (χ1n) is 8.27. The van der Waals surface area contributed by atoms with Gasteiger partial charge in [0.2, 0.25) is 9.16 Å². The molecule has 0 aromatic carbocycles. The van der Waals surface area contributed by atoms with Gasteiger partial charge in [0.1, 0.15) is 0 Å². The maximum absolute atomic E-state index is 11.6. The van der Waals surface area contributed by atoms with Crippen molar-refractivity contribution in [3.63, 3.8) is 0 Å². The van der Waals surface area contributed by atoms with Gasteiger partial charge < -0.3 is 0 Å². The summed E-state index contributed by atoms with van der Waals surface area (Å²) in [5, 5.41) is 0. The van der Waals surface area contributed by atoms with Crippen molar-refractivity contribution in [1.29, 1.82) is 0 Å². The van der Waals surface area contributed by atoms with Crippen LogP contribution in [0, 0.1) is 35.5 Å². The van der Waals surface area contributed by atoms with E-state index in [0.717, 1.165) is 0 Å². The van der Waals surface area contributed by atoms with Gasteiger partial charge >= 0.3 is 0 Å². The molecule has 3 rings (SSSR count). The van der Waals surface area contributed by atoms with E-state index in [0.29, 0.717) is 6.42 Å². The largest absolute Gasteiger partial charge is 0.285 e. The molecular weight excluding hydrogens is 464 g/mol. The number of fused-ring (bicyclic) bond motifs is 5. The van der Waals surface area contributed by atoms with Crippen LogP contribution in [0.1, 0.15) is 25.7 Å². The third-order valence-electron chi connectivity index (χ3n) is 6.46. The fourth-order valence-corrected chi connectivity index (χ4v) is 11.3. The highest BCUT2D eigenvalue weighted by Gasteiger charge is 2.63. The van der Waals surface area contributed by atoms with E-state index in [1.165, 1.54) is 0 Å². The molecule has 0 heterocycles. The van der Waals surface area contributed by atoms with Crippen LogP contribution >= 0.6 is 0 Å². The molecule has 0 spiro atoms. The summed E-state index contributed by atoms with van der Waals surface area (Å²) in [7, 11) is -20.6. The summed E-state index contributed by atoms with van der Waals surface area (Å²) >= 11 is 0. The Morgan fingerprint density at radius 1 is 0.536 bits per heavy atom. The minimum Gasteiger partial charge on any atom is -0.284 e. The van der Waals surface area contributed by atoms with Gasteiger partial charge in [0, 0.05) is 0 Å². The van der Waals surface area contributed by atoms with Crippen molar-refractivity contribution < 1.29 is 51.9 Å². The van der Waals surface area contributed by atoms with Gasteiger partial charge in [-0.05, 0) is 61.2 Å². The Morgan fingerprint density at radius 3 is 1.39 bits per heavy atom. The SMILES string of the molecule is O=S(=O)(O)C(C1CC2C3CC(C2C1)C(C(S(=O)(=O)O)S(=O)(=O)O)C3)S(=O)(=O)O. The minimum atomic E-state index is -5.14. The summed E-state index contributed by atoms with van der Waals surface area (Å²) in [6.07, 6.45) is 0.351. The molecule has 3 fully saturated rings. The topological polar surface area (TPSA) is 217 Å². The molecular formula is C12H20O12S4. The Hall–Kier alpha value is -0.360. The Kier molecular flexibility index (Phi) is 5.24. The molecule has 3 aliphatic carbocycles. The van der Waals surface area contributed by atoms with E-state index in [4.69, 9.17) is 0 Å². The first-order chi connectivity index (χ1) is 12.4. The summed E-state index contributed by atoms with van der Waals surface area (Å²) in [6, 6.07) is 0. The van der Waals surface area contributed by atoms with Crippen molar-refractivity contribution in [2.45, 2.75) is 34.8 Å². The van der Waals surface area contributed by atoms with Crippen LogP contribution in [0.4, 0.5) is 0 Å². The lowest BCUT2D eigenvalue weighted by Crippen LogP contribution is -2.42. The standard InChI is InChI=1S/C12H20O12S4/c13-25(14,15)11(26(16,17)18)6-3-7-5-1-9(8(7)4-6)10(2-5)12(27(19,20)21)28(22,23)24/h5-12H,1-4H2,(H,13,14,15)(H,16,17,18)(H,19,20,21)(H,22,23,24). The van der Waals surface area contributed by atoms with E-state index in [-0.39, 0.29) is 31.1 Å². The van der Waals surface area contributed by atoms with Gasteiger partial charge in [-0.1, -0.05) is 0 Å². The van der Waals surface area contributed by atoms with E-state index in [9.17, 15) is 51.9 Å². The minimum absolute atomic E-state index is 0.0330. The Bertz CT molecular complexity index is 1010. The zero-order valence-electron chi connectivity index (χ0n) is 14.1. The predicted molar refractivity (Wildman–Crippen MR) is 93.2 cm³/mol. The third-order valence-corrected chi connectivity index (χ3v) is 13.2. The summed E-state index contributed by atoms with van der Waals surface area (Å²) in [4.78, 5) is 0. The van der Waals surface area contributed by atoms with Gasteiger partial charge in [-0.15, -0.1) is 0 Å². The Morgan fingerprint density at radius 2 is 0.964 bits per heavy atom. The average Bonchev–Trinajstić information content (AvgIpc) is 3.01. The molecule has 6 atom stereocenters. The molecule has 0 amide bonds. The normalized spacial score (nSPS) is 36.4. The van der Waals surface area contributed by atoms with Crippen molar-refractivity contribution in [1.82, 2.24) is 0 Å². The molecule has 4 N–H and O–H groups in total. The van der Waals surface area contributed by atoms with E-state index >= 15 is 0 Å². The van der Waals surface area contributed by atoms with Crippen molar-refractivity contribution in [2.75, 3.05) is 0 Å². The predicted octanol–water partition coefficient (Wildman–Crippen LogP) is -0.512. The number of rotatable bonds is 6. The molecule has 2 bridgehead atoms. The molecule has 28 heavy (non-hydrogen) atoms. The highest BCUT2D eigenvalue weighted by Crippen LogP contribution is 2.64. The van der Waals surface area contributed by atoms with Crippen LogP contribution in [0.15, 0.2) is 0 Å². The molecule has 0 aliphatic heterocycles. The lowest BCUT2D eigenvalue weighted by Gasteiger charge is -2.33. The van der Waals surface area contributed by atoms with Crippen molar-refractivity contribution in [3.05, 3.63) is 0 Å². The quantitative estimate of drug-likeness (QED) is 0.350. The summed E-state index contributed by atoms with van der Waals surface area (Å²) in [5.41, 5.74) is 0. The summed E-state index contributed by atoms with van der Waals surface area (Å²) in [6.45, 7) is 0. The smallest absolute Gasteiger partial charge is 0.284 e. The lowest BCUT2D eigenvalue weighted by atomic mass is 9.76. The molecule has 3 aliphatic rings. The second-order valence-corrected chi connectivity index (χ2v) is 14.7. The molecule has 3 saturated carbocycles. The van der Waals surface area contributed by atoms with Gasteiger partial charge in [-0.25, -0.2) is 0 Å². The van der Waals surface area contributed by atoms with E-state index in [2.05, 4.69) is 0 Å². The zero-order chi connectivity index (χ0) is 21.4. The molecule has 16 heteroatoms. The second kappa shape index (κ2) is 6.57. The van der Waals surface area contributed by atoms with E-state index in [1.54, 1.807) is 0 Å².